The average molecular weight is 453 g/mol. The molecule has 0 heteroatoms. The fraction of sp³-hybridized carbons (Fsp3) is 0.0857. The summed E-state index contributed by atoms with van der Waals surface area (Å²) in [6, 6.07) is 46.2. The van der Waals surface area contributed by atoms with Crippen molar-refractivity contribution < 1.29 is 0 Å². The van der Waals surface area contributed by atoms with E-state index in [1.165, 1.54) is 60.5 Å². The van der Waals surface area contributed by atoms with Crippen LogP contribution in [-0.4, -0.2) is 0 Å². The molecule has 0 fully saturated rings. The molecular formula is C35H32. The van der Waals surface area contributed by atoms with Gasteiger partial charge in [0.25, 0.3) is 0 Å². The minimum absolute atomic E-state index is 0. The van der Waals surface area contributed by atoms with Crippen molar-refractivity contribution in [3.8, 4) is 33.4 Å². The highest BCUT2D eigenvalue weighted by Crippen LogP contribution is 2.44. The molecule has 0 nitrogen and oxygen atoms in total. The smallest absolute Gasteiger partial charge is 0.00262 e. The van der Waals surface area contributed by atoms with Crippen molar-refractivity contribution in [1.82, 2.24) is 0 Å². The van der Waals surface area contributed by atoms with E-state index in [1.54, 1.807) is 0 Å². The van der Waals surface area contributed by atoms with E-state index in [9.17, 15) is 0 Å². The van der Waals surface area contributed by atoms with Crippen molar-refractivity contribution in [2.45, 2.75) is 21.8 Å². The van der Waals surface area contributed by atoms with Gasteiger partial charge in [0.2, 0.25) is 0 Å². The van der Waals surface area contributed by atoms with Crippen molar-refractivity contribution in [3.63, 3.8) is 0 Å². The van der Waals surface area contributed by atoms with Gasteiger partial charge in [-0.2, -0.15) is 0 Å². The summed E-state index contributed by atoms with van der Waals surface area (Å²) in [5.41, 5.74) is 8.87. The van der Waals surface area contributed by atoms with Crippen molar-refractivity contribution in [2.24, 2.45) is 0 Å². The molecule has 0 aromatic heterocycles. The summed E-state index contributed by atoms with van der Waals surface area (Å²) in [5.74, 6) is 0. The fourth-order valence-corrected chi connectivity index (χ4v) is 4.94. The summed E-state index contributed by atoms with van der Waals surface area (Å²) in [6.07, 6.45) is 0. The average Bonchev–Trinajstić information content (AvgIpc) is 2.88. The zero-order chi connectivity index (χ0) is 22.2. The third-order valence-corrected chi connectivity index (χ3v) is 6.53. The highest BCUT2D eigenvalue weighted by atomic mass is 14.2. The van der Waals surface area contributed by atoms with Crippen LogP contribution in [0.1, 0.15) is 20.4 Å². The van der Waals surface area contributed by atoms with E-state index in [0.717, 1.165) is 0 Å². The third kappa shape index (κ3) is 4.24. The first-order valence-electron chi connectivity index (χ1n) is 11.5. The lowest BCUT2D eigenvalue weighted by atomic mass is 9.85. The molecule has 0 N–H and O–H groups in total. The SMILES string of the molecule is C.C.Cc1ccc(-c2ccc3c(-c4ccccc4)c4ccccc4c(-c4ccccc4)c3c2)cc1. The predicted octanol–water partition coefficient (Wildman–Crippen LogP) is 10.6. The Morgan fingerprint density at radius 2 is 0.771 bits per heavy atom. The predicted molar refractivity (Wildman–Crippen MR) is 156 cm³/mol. The van der Waals surface area contributed by atoms with Crippen molar-refractivity contribution in [3.05, 3.63) is 133 Å². The van der Waals surface area contributed by atoms with Gasteiger partial charge < -0.3 is 0 Å². The van der Waals surface area contributed by atoms with Crippen LogP contribution in [0, 0.1) is 6.92 Å². The van der Waals surface area contributed by atoms with Crippen LogP contribution in [0.25, 0.3) is 54.9 Å². The first-order chi connectivity index (χ1) is 16.3. The highest BCUT2D eigenvalue weighted by molar-refractivity contribution is 6.21. The molecule has 6 rings (SSSR count). The fourth-order valence-electron chi connectivity index (χ4n) is 4.94. The maximum atomic E-state index is 2.38. The minimum Gasteiger partial charge on any atom is -0.0776 e. The zero-order valence-electron chi connectivity index (χ0n) is 18.6. The zero-order valence-corrected chi connectivity index (χ0v) is 18.6. The summed E-state index contributed by atoms with van der Waals surface area (Å²) in [5, 5.41) is 5.15. The van der Waals surface area contributed by atoms with Crippen LogP contribution >= 0.6 is 0 Å². The highest BCUT2D eigenvalue weighted by Gasteiger charge is 2.17. The molecule has 0 radical (unpaired) electrons. The number of hydrogen-bond donors (Lipinski definition) is 0. The van der Waals surface area contributed by atoms with Crippen LogP contribution in [0.2, 0.25) is 0 Å². The lowest BCUT2D eigenvalue weighted by Crippen LogP contribution is -1.91. The van der Waals surface area contributed by atoms with Gasteiger partial charge in [0.15, 0.2) is 0 Å². The minimum atomic E-state index is 0. The molecule has 0 aliphatic heterocycles. The second kappa shape index (κ2) is 9.99. The Kier molecular flexibility index (Phi) is 6.85. The van der Waals surface area contributed by atoms with Gasteiger partial charge in [-0.1, -0.05) is 142 Å². The van der Waals surface area contributed by atoms with E-state index in [2.05, 4.69) is 134 Å². The van der Waals surface area contributed by atoms with Gasteiger partial charge in [-0.05, 0) is 67.9 Å². The Balaban J connectivity index is 0.00000144. The molecule has 35 heavy (non-hydrogen) atoms. The monoisotopic (exact) mass is 452 g/mol. The molecule has 6 aromatic carbocycles. The van der Waals surface area contributed by atoms with E-state index in [1.807, 2.05) is 0 Å². The molecule has 172 valence electrons. The largest absolute Gasteiger partial charge is 0.0776 e. The van der Waals surface area contributed by atoms with Crippen LogP contribution in [0.5, 0.6) is 0 Å². The standard InChI is InChI=1S/C33H24.2CH4/c1-23-16-18-24(19-17-23)27-20-21-30-31(22-27)33(26-12-6-3-7-13-26)29-15-9-8-14-28(29)32(30)25-10-4-2-5-11-25;;/h2-22H,1H3;2*1H4. The molecule has 0 amide bonds. The molecule has 0 bridgehead atoms. The summed E-state index contributed by atoms with van der Waals surface area (Å²) >= 11 is 0. The van der Waals surface area contributed by atoms with Crippen molar-refractivity contribution >= 4 is 21.5 Å². The number of benzene rings is 6. The normalized spacial score (nSPS) is 10.5. The molecule has 0 atom stereocenters. The first-order valence-corrected chi connectivity index (χ1v) is 11.5. The van der Waals surface area contributed by atoms with Gasteiger partial charge in [0.05, 0.1) is 0 Å². The summed E-state index contributed by atoms with van der Waals surface area (Å²) in [7, 11) is 0. The topological polar surface area (TPSA) is 0 Å². The Labute approximate surface area is 209 Å². The maximum Gasteiger partial charge on any atom is -0.00262 e. The summed E-state index contributed by atoms with van der Waals surface area (Å²) < 4.78 is 0. The molecule has 0 unspecified atom stereocenters. The Hall–Kier alpha value is -4.16. The van der Waals surface area contributed by atoms with Gasteiger partial charge in [0.1, 0.15) is 0 Å². The Morgan fingerprint density at radius 3 is 1.31 bits per heavy atom. The van der Waals surface area contributed by atoms with Gasteiger partial charge in [-0.3, -0.25) is 0 Å². The van der Waals surface area contributed by atoms with Gasteiger partial charge in [-0.15, -0.1) is 0 Å². The maximum absolute atomic E-state index is 2.38. The number of rotatable bonds is 3. The van der Waals surface area contributed by atoms with Crippen LogP contribution < -0.4 is 0 Å². The summed E-state index contributed by atoms with van der Waals surface area (Å²) in [6.45, 7) is 2.13. The molecule has 0 heterocycles. The van der Waals surface area contributed by atoms with Crippen LogP contribution in [0.4, 0.5) is 0 Å². The summed E-state index contributed by atoms with van der Waals surface area (Å²) in [4.78, 5) is 0. The molecule has 0 aliphatic rings. The second-order valence-corrected chi connectivity index (χ2v) is 8.65. The quantitative estimate of drug-likeness (QED) is 0.234. The van der Waals surface area contributed by atoms with Gasteiger partial charge in [0, 0.05) is 0 Å². The molecule has 0 aliphatic carbocycles. The van der Waals surface area contributed by atoms with Gasteiger partial charge >= 0.3 is 0 Å². The van der Waals surface area contributed by atoms with E-state index in [0.29, 0.717) is 0 Å². The molecule has 0 saturated carbocycles. The van der Waals surface area contributed by atoms with Crippen LogP contribution in [-0.2, 0) is 0 Å². The lowest BCUT2D eigenvalue weighted by Gasteiger charge is -2.18. The van der Waals surface area contributed by atoms with Crippen LogP contribution in [0.3, 0.4) is 0 Å². The van der Waals surface area contributed by atoms with E-state index < -0.39 is 0 Å². The molecule has 0 saturated heterocycles. The number of hydrogen-bond acceptors (Lipinski definition) is 0. The van der Waals surface area contributed by atoms with E-state index in [-0.39, 0.29) is 14.9 Å². The number of fused-ring (bicyclic) bond motifs is 2. The first kappa shape index (κ1) is 24.0. The molecule has 0 spiro atoms. The van der Waals surface area contributed by atoms with E-state index >= 15 is 0 Å². The number of aryl methyl sites for hydroxylation is 1. The van der Waals surface area contributed by atoms with Crippen LogP contribution in [0.15, 0.2) is 127 Å². The molecule has 6 aromatic rings. The molecular weight excluding hydrogens is 420 g/mol. The van der Waals surface area contributed by atoms with Crippen molar-refractivity contribution in [1.29, 1.82) is 0 Å². The second-order valence-electron chi connectivity index (χ2n) is 8.65. The van der Waals surface area contributed by atoms with Gasteiger partial charge in [-0.25, -0.2) is 0 Å². The Morgan fingerprint density at radius 1 is 0.343 bits per heavy atom. The third-order valence-electron chi connectivity index (χ3n) is 6.53. The van der Waals surface area contributed by atoms with E-state index in [4.69, 9.17) is 0 Å². The Bertz CT molecular complexity index is 1580. The van der Waals surface area contributed by atoms with Crippen molar-refractivity contribution in [2.75, 3.05) is 0 Å². The lowest BCUT2D eigenvalue weighted by molar-refractivity contribution is 1.47.